The minimum absolute atomic E-state index is 0.283. The maximum atomic E-state index is 6.06. The molecule has 2 heterocycles. The first-order chi connectivity index (χ1) is 9.72. The maximum Gasteiger partial charge on any atom is 0.215 e. The highest BCUT2D eigenvalue weighted by atomic mass is 35.5. The van der Waals surface area contributed by atoms with Gasteiger partial charge in [-0.25, -0.2) is 4.98 Å². The Hall–Kier alpha value is -1.78. The summed E-state index contributed by atoms with van der Waals surface area (Å²) in [6.07, 6.45) is 0. The van der Waals surface area contributed by atoms with Crippen LogP contribution >= 0.6 is 23.2 Å². The van der Waals surface area contributed by atoms with E-state index in [0.29, 0.717) is 22.4 Å². The quantitative estimate of drug-likeness (QED) is 0.691. The molecule has 0 spiro atoms. The van der Waals surface area contributed by atoms with E-state index in [1.807, 2.05) is 34.9 Å². The lowest BCUT2D eigenvalue weighted by molar-refractivity contribution is 0.399. The van der Waals surface area contributed by atoms with Crippen molar-refractivity contribution in [1.82, 2.24) is 14.5 Å². The molecule has 0 aliphatic heterocycles. The third-order valence-electron chi connectivity index (χ3n) is 2.94. The maximum absolute atomic E-state index is 6.06. The van der Waals surface area contributed by atoms with Gasteiger partial charge in [-0.3, -0.25) is 4.57 Å². The third-order valence-corrected chi connectivity index (χ3v) is 3.42. The number of hydrogen-bond donors (Lipinski definition) is 0. The lowest BCUT2D eigenvalue weighted by Crippen LogP contribution is -2.00. The lowest BCUT2D eigenvalue weighted by atomic mass is 10.3. The molecule has 0 saturated carbocycles. The number of imidazole rings is 1. The van der Waals surface area contributed by atoms with E-state index in [1.54, 1.807) is 13.2 Å². The van der Waals surface area contributed by atoms with E-state index in [9.17, 15) is 0 Å². The summed E-state index contributed by atoms with van der Waals surface area (Å²) >= 11 is 12.0. The highest BCUT2D eigenvalue weighted by Crippen LogP contribution is 2.24. The molecule has 0 bridgehead atoms. The van der Waals surface area contributed by atoms with Crippen LogP contribution in [0.4, 0.5) is 0 Å². The van der Waals surface area contributed by atoms with Crippen LogP contribution in [0.3, 0.4) is 0 Å². The number of methoxy groups -OCH3 is 1. The van der Waals surface area contributed by atoms with E-state index in [1.165, 1.54) is 0 Å². The Labute approximate surface area is 125 Å². The SMILES string of the molecule is COc1ccc2nc(CCl)n(-c3cccc(Cl)c3)c2n1. The normalized spacial score (nSPS) is 10.9. The smallest absolute Gasteiger partial charge is 0.215 e. The molecule has 1 aromatic carbocycles. The molecule has 0 saturated heterocycles. The van der Waals surface area contributed by atoms with Gasteiger partial charge >= 0.3 is 0 Å². The summed E-state index contributed by atoms with van der Waals surface area (Å²) in [6.45, 7) is 0. The number of halogens is 2. The molecule has 0 radical (unpaired) electrons. The largest absolute Gasteiger partial charge is 0.481 e. The van der Waals surface area contributed by atoms with Crippen molar-refractivity contribution in [3.05, 3.63) is 47.2 Å². The van der Waals surface area contributed by atoms with Crippen molar-refractivity contribution < 1.29 is 4.74 Å². The number of benzene rings is 1. The van der Waals surface area contributed by atoms with E-state index in [2.05, 4.69) is 9.97 Å². The van der Waals surface area contributed by atoms with Crippen molar-refractivity contribution in [1.29, 1.82) is 0 Å². The number of rotatable bonds is 3. The molecule has 0 atom stereocenters. The van der Waals surface area contributed by atoms with E-state index in [4.69, 9.17) is 27.9 Å². The van der Waals surface area contributed by atoms with Crippen molar-refractivity contribution in [3.8, 4) is 11.6 Å². The minimum atomic E-state index is 0.283. The van der Waals surface area contributed by atoms with Crippen LogP contribution in [0.15, 0.2) is 36.4 Å². The lowest BCUT2D eigenvalue weighted by Gasteiger charge is -2.08. The van der Waals surface area contributed by atoms with Crippen molar-refractivity contribution in [3.63, 3.8) is 0 Å². The number of pyridine rings is 1. The zero-order chi connectivity index (χ0) is 14.1. The van der Waals surface area contributed by atoms with Gasteiger partial charge in [-0.05, 0) is 24.3 Å². The molecule has 20 heavy (non-hydrogen) atoms. The molecule has 0 N–H and O–H groups in total. The zero-order valence-electron chi connectivity index (χ0n) is 10.7. The molecule has 4 nitrogen and oxygen atoms in total. The summed E-state index contributed by atoms with van der Waals surface area (Å²) in [7, 11) is 1.58. The summed E-state index contributed by atoms with van der Waals surface area (Å²) in [6, 6.07) is 11.1. The number of nitrogens with zero attached hydrogens (tertiary/aromatic N) is 3. The van der Waals surface area contributed by atoms with Crippen molar-refractivity contribution in [2.24, 2.45) is 0 Å². The van der Waals surface area contributed by atoms with Crippen LogP contribution < -0.4 is 4.74 Å². The fourth-order valence-electron chi connectivity index (χ4n) is 2.08. The van der Waals surface area contributed by atoms with E-state index in [0.717, 1.165) is 11.2 Å². The van der Waals surface area contributed by atoms with Gasteiger partial charge in [-0.1, -0.05) is 17.7 Å². The van der Waals surface area contributed by atoms with E-state index in [-0.39, 0.29) is 5.88 Å². The molecule has 0 unspecified atom stereocenters. The Kier molecular flexibility index (Phi) is 3.51. The molecule has 3 aromatic rings. The van der Waals surface area contributed by atoms with Gasteiger partial charge < -0.3 is 4.74 Å². The van der Waals surface area contributed by atoms with E-state index >= 15 is 0 Å². The van der Waals surface area contributed by atoms with Crippen LogP contribution in [0.2, 0.25) is 5.02 Å². The van der Waals surface area contributed by atoms with Crippen LogP contribution in [0.25, 0.3) is 16.9 Å². The molecule has 0 aliphatic carbocycles. The summed E-state index contributed by atoms with van der Waals surface area (Å²) in [5, 5.41) is 0.646. The first-order valence-corrected chi connectivity index (χ1v) is 6.88. The van der Waals surface area contributed by atoms with Crippen molar-refractivity contribution in [2.75, 3.05) is 7.11 Å². The monoisotopic (exact) mass is 307 g/mol. The second-order valence-electron chi connectivity index (χ2n) is 4.17. The van der Waals surface area contributed by atoms with Gasteiger partial charge in [0, 0.05) is 11.1 Å². The second-order valence-corrected chi connectivity index (χ2v) is 4.88. The first-order valence-electron chi connectivity index (χ1n) is 5.97. The predicted molar refractivity (Wildman–Crippen MR) is 80.0 cm³/mol. The van der Waals surface area contributed by atoms with Crippen LogP contribution in [0, 0.1) is 0 Å². The summed E-state index contributed by atoms with van der Waals surface area (Å²) < 4.78 is 7.05. The Bertz CT molecular complexity index is 770. The molecular weight excluding hydrogens is 297 g/mol. The first kappa shape index (κ1) is 13.2. The van der Waals surface area contributed by atoms with Crippen molar-refractivity contribution in [2.45, 2.75) is 5.88 Å². The Balaban J connectivity index is 2.31. The van der Waals surface area contributed by atoms with Gasteiger partial charge in [0.15, 0.2) is 5.65 Å². The Morgan fingerprint density at radius 2 is 2.05 bits per heavy atom. The second kappa shape index (κ2) is 5.31. The fourth-order valence-corrected chi connectivity index (χ4v) is 2.44. The summed E-state index contributed by atoms with van der Waals surface area (Å²) in [5.74, 6) is 1.53. The standard InChI is InChI=1S/C14H11Cl2N3O/c1-20-13-6-5-11-14(18-13)19(12(8-15)17-11)10-4-2-3-9(16)7-10/h2-7H,8H2,1H3. The molecule has 0 aliphatic rings. The minimum Gasteiger partial charge on any atom is -0.481 e. The number of fused-ring (bicyclic) bond motifs is 1. The topological polar surface area (TPSA) is 39.9 Å². The van der Waals surface area contributed by atoms with Crippen LogP contribution in [0.1, 0.15) is 5.82 Å². The van der Waals surface area contributed by atoms with Crippen LogP contribution in [-0.4, -0.2) is 21.6 Å². The van der Waals surface area contributed by atoms with E-state index < -0.39 is 0 Å². The average Bonchev–Trinajstić information content (AvgIpc) is 2.84. The molecule has 0 amide bonds. The average molecular weight is 308 g/mol. The molecule has 2 aromatic heterocycles. The van der Waals surface area contributed by atoms with Gasteiger partial charge in [-0.15, -0.1) is 11.6 Å². The van der Waals surface area contributed by atoms with Gasteiger partial charge in [0.25, 0.3) is 0 Å². The van der Waals surface area contributed by atoms with Crippen LogP contribution in [0.5, 0.6) is 5.88 Å². The number of ether oxygens (including phenoxy) is 1. The molecular formula is C14H11Cl2N3O. The Morgan fingerprint density at radius 3 is 2.75 bits per heavy atom. The highest BCUT2D eigenvalue weighted by Gasteiger charge is 2.14. The number of aromatic nitrogens is 3. The van der Waals surface area contributed by atoms with Crippen LogP contribution in [-0.2, 0) is 5.88 Å². The predicted octanol–water partition coefficient (Wildman–Crippen LogP) is 3.82. The molecule has 3 rings (SSSR count). The van der Waals surface area contributed by atoms with Gasteiger partial charge in [0.05, 0.1) is 18.7 Å². The van der Waals surface area contributed by atoms with Crippen molar-refractivity contribution >= 4 is 34.4 Å². The Morgan fingerprint density at radius 1 is 1.20 bits per heavy atom. The number of hydrogen-bond acceptors (Lipinski definition) is 3. The fraction of sp³-hybridized carbons (Fsp3) is 0.143. The zero-order valence-corrected chi connectivity index (χ0v) is 12.2. The molecule has 0 fully saturated rings. The summed E-state index contributed by atoms with van der Waals surface area (Å²) in [4.78, 5) is 8.93. The molecule has 6 heteroatoms. The number of alkyl halides is 1. The highest BCUT2D eigenvalue weighted by molar-refractivity contribution is 6.30. The van der Waals surface area contributed by atoms with Gasteiger partial charge in [0.1, 0.15) is 11.3 Å². The van der Waals surface area contributed by atoms with Gasteiger partial charge in [0.2, 0.25) is 5.88 Å². The third kappa shape index (κ3) is 2.21. The van der Waals surface area contributed by atoms with Gasteiger partial charge in [-0.2, -0.15) is 4.98 Å². The molecule has 102 valence electrons. The summed E-state index contributed by atoms with van der Waals surface area (Å²) in [5.41, 5.74) is 2.33.